The minimum absolute atomic E-state index is 0.184. The smallest absolute Gasteiger partial charge is 0.329 e. The maximum atomic E-state index is 13.0. The van der Waals surface area contributed by atoms with Gasteiger partial charge in [-0.2, -0.15) is 4.98 Å². The van der Waals surface area contributed by atoms with Gasteiger partial charge >= 0.3 is 5.69 Å². The van der Waals surface area contributed by atoms with Crippen LogP contribution in [0.4, 0.5) is 0 Å². The van der Waals surface area contributed by atoms with Gasteiger partial charge in [-0.1, -0.05) is 35.5 Å². The standard InChI is InChI=1S/C25H20N4O5/c1-32-17-9-11-19(21(13-17)33-2)22-27-23(34-28-22)16-8-10-18-20(12-16)26-25(31)29(24(18)30)14-15-6-4-3-5-7-15/h3-13H,14H2,1-2H3,(H,26,31). The van der Waals surface area contributed by atoms with Gasteiger partial charge in [0.05, 0.1) is 37.2 Å². The number of rotatable bonds is 6. The fourth-order valence-corrected chi connectivity index (χ4v) is 3.73. The molecule has 0 aliphatic rings. The topological polar surface area (TPSA) is 112 Å². The van der Waals surface area contributed by atoms with E-state index in [1.807, 2.05) is 30.3 Å². The van der Waals surface area contributed by atoms with Crippen molar-refractivity contribution in [3.05, 3.63) is 93.1 Å². The van der Waals surface area contributed by atoms with Crippen LogP contribution in [0.3, 0.4) is 0 Å². The van der Waals surface area contributed by atoms with Crippen LogP contribution in [-0.2, 0) is 6.54 Å². The number of aromatic nitrogens is 4. The third-order valence-corrected chi connectivity index (χ3v) is 5.49. The summed E-state index contributed by atoms with van der Waals surface area (Å²) < 4.78 is 17.3. The second-order valence-corrected chi connectivity index (χ2v) is 7.56. The molecule has 1 N–H and O–H groups in total. The van der Waals surface area contributed by atoms with Gasteiger partial charge in [0.25, 0.3) is 11.4 Å². The number of hydrogen-bond donors (Lipinski definition) is 1. The summed E-state index contributed by atoms with van der Waals surface area (Å²) in [7, 11) is 3.12. The number of nitrogens with zero attached hydrogens (tertiary/aromatic N) is 3. The molecule has 0 bridgehead atoms. The van der Waals surface area contributed by atoms with Crippen molar-refractivity contribution in [2.75, 3.05) is 14.2 Å². The Morgan fingerprint density at radius 3 is 2.56 bits per heavy atom. The maximum absolute atomic E-state index is 13.0. The average molecular weight is 456 g/mol. The van der Waals surface area contributed by atoms with Gasteiger partial charge < -0.3 is 19.0 Å². The van der Waals surface area contributed by atoms with Crippen LogP contribution in [0.25, 0.3) is 33.7 Å². The van der Waals surface area contributed by atoms with E-state index in [1.165, 1.54) is 4.57 Å². The van der Waals surface area contributed by atoms with Crippen LogP contribution in [0.5, 0.6) is 11.5 Å². The van der Waals surface area contributed by atoms with E-state index in [0.717, 1.165) is 5.56 Å². The van der Waals surface area contributed by atoms with Crippen molar-refractivity contribution >= 4 is 10.9 Å². The molecule has 3 aromatic carbocycles. The molecule has 0 fully saturated rings. The molecule has 0 atom stereocenters. The Hall–Kier alpha value is -4.66. The predicted octanol–water partition coefficient (Wildman–Crippen LogP) is 3.47. The Morgan fingerprint density at radius 2 is 1.79 bits per heavy atom. The molecule has 0 aliphatic heterocycles. The summed E-state index contributed by atoms with van der Waals surface area (Å²) >= 11 is 0. The highest BCUT2D eigenvalue weighted by atomic mass is 16.5. The second-order valence-electron chi connectivity index (χ2n) is 7.56. The molecule has 0 radical (unpaired) electrons. The largest absolute Gasteiger partial charge is 0.497 e. The number of hydrogen-bond acceptors (Lipinski definition) is 7. The Bertz CT molecular complexity index is 1600. The van der Waals surface area contributed by atoms with Gasteiger partial charge in [0.1, 0.15) is 11.5 Å². The van der Waals surface area contributed by atoms with E-state index in [0.29, 0.717) is 39.4 Å². The van der Waals surface area contributed by atoms with Crippen molar-refractivity contribution in [1.82, 2.24) is 19.7 Å². The SMILES string of the molecule is COc1ccc(-c2noc(-c3ccc4c(=O)n(Cc5ccccc5)c(=O)[nH]c4c3)n2)c(OC)c1. The van der Waals surface area contributed by atoms with Crippen molar-refractivity contribution in [3.63, 3.8) is 0 Å². The van der Waals surface area contributed by atoms with Gasteiger partial charge in [0.2, 0.25) is 5.82 Å². The number of ether oxygens (including phenoxy) is 2. The molecular weight excluding hydrogens is 436 g/mol. The van der Waals surface area contributed by atoms with Gasteiger partial charge in [0, 0.05) is 11.6 Å². The summed E-state index contributed by atoms with van der Waals surface area (Å²) in [6.45, 7) is 0.184. The molecular formula is C25H20N4O5. The fourth-order valence-electron chi connectivity index (χ4n) is 3.73. The predicted molar refractivity (Wildman–Crippen MR) is 126 cm³/mol. The highest BCUT2D eigenvalue weighted by molar-refractivity contribution is 5.82. The minimum atomic E-state index is -0.493. The van der Waals surface area contributed by atoms with E-state index < -0.39 is 5.69 Å². The zero-order chi connectivity index (χ0) is 23.7. The Kier molecular flexibility index (Phi) is 5.43. The monoisotopic (exact) mass is 456 g/mol. The summed E-state index contributed by atoms with van der Waals surface area (Å²) in [4.78, 5) is 32.9. The molecule has 0 unspecified atom stereocenters. The van der Waals surface area contributed by atoms with Crippen molar-refractivity contribution < 1.29 is 14.0 Å². The van der Waals surface area contributed by atoms with E-state index in [4.69, 9.17) is 14.0 Å². The molecule has 9 nitrogen and oxygen atoms in total. The Labute approximate surface area is 193 Å². The molecule has 9 heteroatoms. The van der Waals surface area contributed by atoms with E-state index in [-0.39, 0.29) is 18.0 Å². The van der Waals surface area contributed by atoms with Gasteiger partial charge in [-0.05, 0) is 35.9 Å². The third-order valence-electron chi connectivity index (χ3n) is 5.49. The van der Waals surface area contributed by atoms with Crippen LogP contribution >= 0.6 is 0 Å². The molecule has 34 heavy (non-hydrogen) atoms. The lowest BCUT2D eigenvalue weighted by atomic mass is 10.1. The van der Waals surface area contributed by atoms with Crippen LogP contribution < -0.4 is 20.7 Å². The van der Waals surface area contributed by atoms with Gasteiger partial charge in [-0.3, -0.25) is 9.36 Å². The summed E-state index contributed by atoms with van der Waals surface area (Å²) in [6, 6.07) is 19.6. The number of H-pyrrole nitrogens is 1. The first-order valence-corrected chi connectivity index (χ1v) is 10.4. The number of methoxy groups -OCH3 is 2. The lowest BCUT2D eigenvalue weighted by Crippen LogP contribution is -2.35. The number of benzene rings is 3. The van der Waals surface area contributed by atoms with Crippen molar-refractivity contribution in [2.24, 2.45) is 0 Å². The van der Waals surface area contributed by atoms with Crippen molar-refractivity contribution in [1.29, 1.82) is 0 Å². The second kappa shape index (κ2) is 8.70. The fraction of sp³-hybridized carbons (Fsp3) is 0.120. The molecule has 0 amide bonds. The van der Waals surface area contributed by atoms with E-state index in [9.17, 15) is 9.59 Å². The van der Waals surface area contributed by atoms with Crippen LogP contribution in [0.2, 0.25) is 0 Å². The molecule has 5 aromatic rings. The molecule has 2 heterocycles. The van der Waals surface area contributed by atoms with Gasteiger partial charge in [-0.25, -0.2) is 4.79 Å². The van der Waals surface area contributed by atoms with E-state index in [1.54, 1.807) is 50.6 Å². The summed E-state index contributed by atoms with van der Waals surface area (Å²) in [5.41, 5.74) is 1.58. The van der Waals surface area contributed by atoms with Crippen molar-refractivity contribution in [3.8, 4) is 34.3 Å². The van der Waals surface area contributed by atoms with Gasteiger partial charge in [0.15, 0.2) is 0 Å². The summed E-state index contributed by atoms with van der Waals surface area (Å²) in [5.74, 6) is 1.75. The normalized spacial score (nSPS) is 11.0. The van der Waals surface area contributed by atoms with Crippen LogP contribution in [0.15, 0.2) is 80.8 Å². The van der Waals surface area contributed by atoms with Crippen LogP contribution in [-0.4, -0.2) is 33.9 Å². The molecule has 0 saturated carbocycles. The van der Waals surface area contributed by atoms with E-state index in [2.05, 4.69) is 15.1 Å². The number of aromatic amines is 1. The van der Waals surface area contributed by atoms with E-state index >= 15 is 0 Å². The number of fused-ring (bicyclic) bond motifs is 1. The zero-order valence-electron chi connectivity index (χ0n) is 18.4. The molecule has 2 aromatic heterocycles. The summed E-state index contributed by atoms with van der Waals surface area (Å²) in [5, 5.41) is 4.44. The first-order valence-electron chi connectivity index (χ1n) is 10.4. The lowest BCUT2D eigenvalue weighted by Gasteiger charge is -2.07. The Balaban J connectivity index is 1.52. The average Bonchev–Trinajstić information content (AvgIpc) is 3.36. The molecule has 0 spiro atoms. The van der Waals surface area contributed by atoms with Crippen LogP contribution in [0.1, 0.15) is 5.56 Å². The third kappa shape index (κ3) is 3.83. The molecule has 0 aliphatic carbocycles. The van der Waals surface area contributed by atoms with Crippen molar-refractivity contribution in [2.45, 2.75) is 6.54 Å². The molecule has 170 valence electrons. The molecule has 5 rings (SSSR count). The zero-order valence-corrected chi connectivity index (χ0v) is 18.4. The summed E-state index contributed by atoms with van der Waals surface area (Å²) in [6.07, 6.45) is 0. The first-order chi connectivity index (χ1) is 16.6. The highest BCUT2D eigenvalue weighted by Gasteiger charge is 2.17. The van der Waals surface area contributed by atoms with Gasteiger partial charge in [-0.15, -0.1) is 0 Å². The molecule has 0 saturated heterocycles. The quantitative estimate of drug-likeness (QED) is 0.416. The lowest BCUT2D eigenvalue weighted by molar-refractivity contribution is 0.394. The maximum Gasteiger partial charge on any atom is 0.329 e. The first kappa shape index (κ1) is 21.2. The Morgan fingerprint density at radius 1 is 0.971 bits per heavy atom. The number of nitrogens with one attached hydrogen (secondary N) is 1. The van der Waals surface area contributed by atoms with Crippen LogP contribution in [0, 0.1) is 0 Å². The minimum Gasteiger partial charge on any atom is -0.497 e. The highest BCUT2D eigenvalue weighted by Crippen LogP contribution is 2.33.